The molecule has 0 saturated carbocycles. The summed E-state index contributed by atoms with van der Waals surface area (Å²) in [6.45, 7) is 3.88. The van der Waals surface area contributed by atoms with Gasteiger partial charge >= 0.3 is 17.3 Å². The number of aromatic nitrogens is 4. The van der Waals surface area contributed by atoms with Crippen LogP contribution in [0.5, 0.6) is 0 Å². The molecule has 1 saturated heterocycles. The number of carbonyl (C=O) groups is 3. The van der Waals surface area contributed by atoms with Crippen LogP contribution in [0.3, 0.4) is 0 Å². The summed E-state index contributed by atoms with van der Waals surface area (Å²) in [6, 6.07) is 7.58. The third-order valence-electron chi connectivity index (χ3n) is 7.94. The second-order valence-electron chi connectivity index (χ2n) is 10.6. The molecular formula is C29H31ClN6O7. The molecule has 2 aromatic carbocycles. The number of fused-ring (bicyclic) bond motifs is 2. The monoisotopic (exact) mass is 610 g/mol. The van der Waals surface area contributed by atoms with Gasteiger partial charge in [-0.1, -0.05) is 11.6 Å². The molecule has 1 N–H and O–H groups in total. The van der Waals surface area contributed by atoms with Crippen LogP contribution in [-0.2, 0) is 41.5 Å². The Hall–Kier alpha value is -4.65. The van der Waals surface area contributed by atoms with Gasteiger partial charge in [-0.2, -0.15) is 5.48 Å². The van der Waals surface area contributed by atoms with E-state index < -0.39 is 29.2 Å². The number of nitrogens with zero attached hydrogens (tertiary/aromatic N) is 5. The number of likely N-dealkylation sites (tertiary alicyclic amines) is 1. The van der Waals surface area contributed by atoms with E-state index in [-0.39, 0.29) is 36.7 Å². The summed E-state index contributed by atoms with van der Waals surface area (Å²) in [6.07, 6.45) is 0.366. The number of hydrogen-bond donors (Lipinski definition) is 1. The first kappa shape index (κ1) is 29.8. The topological polar surface area (TPSA) is 147 Å². The molecule has 1 fully saturated rings. The van der Waals surface area contributed by atoms with E-state index in [0.29, 0.717) is 51.9 Å². The summed E-state index contributed by atoms with van der Waals surface area (Å²) in [7, 11) is 3.21. The predicted octanol–water partition coefficient (Wildman–Crippen LogP) is 1.64. The molecule has 0 aliphatic carbocycles. The number of carbonyl (C=O) groups excluding carboxylic acids is 3. The minimum Gasteiger partial charge on any atom is -0.340 e. The lowest BCUT2D eigenvalue weighted by Gasteiger charge is -2.33. The first-order valence-electron chi connectivity index (χ1n) is 13.8. The van der Waals surface area contributed by atoms with Crippen LogP contribution in [0.2, 0.25) is 5.02 Å². The minimum absolute atomic E-state index is 0.215. The highest BCUT2D eigenvalue weighted by molar-refractivity contribution is 6.31. The van der Waals surface area contributed by atoms with Crippen LogP contribution in [0.1, 0.15) is 48.7 Å². The molecule has 0 radical (unpaired) electrons. The zero-order valence-electron chi connectivity index (χ0n) is 24.2. The van der Waals surface area contributed by atoms with Gasteiger partial charge in [0.15, 0.2) is 0 Å². The predicted molar refractivity (Wildman–Crippen MR) is 159 cm³/mol. The van der Waals surface area contributed by atoms with E-state index in [4.69, 9.17) is 16.4 Å². The largest absolute Gasteiger partial charge is 0.340 e. The number of halogens is 1. The van der Waals surface area contributed by atoms with Crippen LogP contribution in [0.25, 0.3) is 21.9 Å². The molecule has 3 heterocycles. The molecule has 2 aromatic heterocycles. The summed E-state index contributed by atoms with van der Waals surface area (Å²) in [4.78, 5) is 83.4. The molecule has 0 spiro atoms. The zero-order valence-corrected chi connectivity index (χ0v) is 24.9. The highest BCUT2D eigenvalue weighted by atomic mass is 35.5. The Morgan fingerprint density at radius 2 is 1.63 bits per heavy atom. The van der Waals surface area contributed by atoms with Crippen molar-refractivity contribution < 1.29 is 19.2 Å². The van der Waals surface area contributed by atoms with E-state index in [9.17, 15) is 28.8 Å². The Morgan fingerprint density at radius 3 is 2.28 bits per heavy atom. The smallest absolute Gasteiger partial charge is 0.336 e. The average Bonchev–Trinajstić information content (AvgIpc) is 3.22. The van der Waals surface area contributed by atoms with Crippen molar-refractivity contribution in [3.05, 3.63) is 77.8 Å². The Balaban J connectivity index is 1.47. The van der Waals surface area contributed by atoms with Crippen molar-refractivity contribution in [1.29, 1.82) is 0 Å². The van der Waals surface area contributed by atoms with Crippen molar-refractivity contribution in [3.8, 4) is 0 Å². The van der Waals surface area contributed by atoms with Crippen LogP contribution in [0.15, 0.2) is 44.7 Å². The number of hydroxylamine groups is 1. The summed E-state index contributed by atoms with van der Waals surface area (Å²) >= 11 is 6.13. The molecule has 5 rings (SSSR count). The van der Waals surface area contributed by atoms with E-state index >= 15 is 0 Å². The lowest BCUT2D eigenvalue weighted by atomic mass is 9.99. The molecule has 0 bridgehead atoms. The molecule has 4 aromatic rings. The molecule has 2 amide bonds. The number of aryl methyl sites for hydroxylation is 3. The average molecular weight is 611 g/mol. The summed E-state index contributed by atoms with van der Waals surface area (Å²) in [5, 5.41) is 0.720. The van der Waals surface area contributed by atoms with E-state index in [2.05, 4.69) is 0 Å². The quantitative estimate of drug-likeness (QED) is 0.338. The van der Waals surface area contributed by atoms with Crippen molar-refractivity contribution in [1.82, 2.24) is 28.6 Å². The Morgan fingerprint density at radius 1 is 0.953 bits per heavy atom. The maximum atomic E-state index is 13.9. The molecule has 14 heteroatoms. The Kier molecular flexibility index (Phi) is 8.02. The molecule has 226 valence electrons. The summed E-state index contributed by atoms with van der Waals surface area (Å²) in [5.74, 6) is -1.71. The van der Waals surface area contributed by atoms with Gasteiger partial charge in [-0.05, 0) is 55.7 Å². The highest BCUT2D eigenvalue weighted by Crippen LogP contribution is 2.26. The van der Waals surface area contributed by atoms with E-state index in [1.807, 2.05) is 12.4 Å². The maximum absolute atomic E-state index is 13.9. The van der Waals surface area contributed by atoms with Crippen LogP contribution >= 0.6 is 11.6 Å². The van der Waals surface area contributed by atoms with Gasteiger partial charge in [0.1, 0.15) is 0 Å². The number of amides is 2. The Bertz CT molecular complexity index is 1980. The molecule has 43 heavy (non-hydrogen) atoms. The van der Waals surface area contributed by atoms with Gasteiger partial charge in [0, 0.05) is 57.3 Å². The van der Waals surface area contributed by atoms with Gasteiger partial charge in [-0.15, -0.1) is 0 Å². The van der Waals surface area contributed by atoms with Crippen LogP contribution in [-0.4, -0.2) is 54.0 Å². The zero-order chi connectivity index (χ0) is 31.2. The first-order valence-corrected chi connectivity index (χ1v) is 14.2. The second-order valence-corrected chi connectivity index (χ2v) is 11.0. The van der Waals surface area contributed by atoms with Gasteiger partial charge in [-0.3, -0.25) is 32.7 Å². The van der Waals surface area contributed by atoms with Gasteiger partial charge in [0.05, 0.1) is 28.4 Å². The van der Waals surface area contributed by atoms with Crippen molar-refractivity contribution in [2.45, 2.75) is 45.7 Å². The molecule has 0 atom stereocenters. The fourth-order valence-corrected chi connectivity index (χ4v) is 5.91. The van der Waals surface area contributed by atoms with Crippen LogP contribution < -0.4 is 22.4 Å². The van der Waals surface area contributed by atoms with Gasteiger partial charge in [0.25, 0.3) is 11.5 Å². The van der Waals surface area contributed by atoms with Gasteiger partial charge in [0.2, 0.25) is 5.91 Å². The number of imidazole rings is 1. The molecule has 0 unspecified atom stereocenters. The fraction of sp³-hybridized carbons (Fsp3) is 0.379. The number of hydrogen-bond acceptors (Lipinski definition) is 7. The van der Waals surface area contributed by atoms with E-state index in [1.165, 1.54) is 25.2 Å². The first-order chi connectivity index (χ1) is 20.4. The minimum atomic E-state index is -0.783. The van der Waals surface area contributed by atoms with Crippen molar-refractivity contribution in [3.63, 3.8) is 0 Å². The molecule has 1 aliphatic rings. The van der Waals surface area contributed by atoms with Gasteiger partial charge in [-0.25, -0.2) is 14.4 Å². The normalized spacial score (nSPS) is 13.9. The lowest BCUT2D eigenvalue weighted by molar-refractivity contribution is -0.156. The Labute approximate surface area is 249 Å². The fourth-order valence-electron chi connectivity index (χ4n) is 5.74. The number of nitrogens with one attached hydrogen (secondary N) is 1. The number of benzene rings is 2. The summed E-state index contributed by atoms with van der Waals surface area (Å²) in [5.41, 5.74) is 2.95. The third-order valence-corrected chi connectivity index (χ3v) is 8.17. The molecular weight excluding hydrogens is 580 g/mol. The maximum Gasteiger partial charge on any atom is 0.336 e. The van der Waals surface area contributed by atoms with Crippen molar-refractivity contribution in [2.75, 3.05) is 13.1 Å². The van der Waals surface area contributed by atoms with Crippen molar-refractivity contribution >= 4 is 51.3 Å². The lowest BCUT2D eigenvalue weighted by Crippen LogP contribution is -2.46. The van der Waals surface area contributed by atoms with E-state index in [0.717, 1.165) is 0 Å². The molecule has 1 aliphatic heterocycles. The standard InChI is InChI=1S/C29H31ClN6O7/c1-5-35-24-15-20(17(12-23(24)33(4)28(35)41)13-25(38)43-31-16(2)37)26(39)34-10-8-19(9-11-34)36-27(40)21-14-18(30)6-7-22(21)32(3)29(36)42/h6-7,12,14-15,19H,5,8-11,13H2,1-4H3,(H,31,37). The second kappa shape index (κ2) is 11.6. The van der Waals surface area contributed by atoms with Crippen LogP contribution in [0.4, 0.5) is 0 Å². The summed E-state index contributed by atoms with van der Waals surface area (Å²) < 4.78 is 5.63. The van der Waals surface area contributed by atoms with E-state index in [1.54, 1.807) is 49.3 Å². The highest BCUT2D eigenvalue weighted by Gasteiger charge is 2.30. The molecule has 13 nitrogen and oxygen atoms in total. The SMILES string of the molecule is CCn1c(=O)n(C)c2cc(CC(=O)ONC(C)=O)c(C(=O)N3CCC(n4c(=O)c5cc(Cl)ccc5n(C)c4=O)CC3)cc21. The number of piperidine rings is 1. The van der Waals surface area contributed by atoms with Gasteiger partial charge < -0.3 is 9.74 Å². The van der Waals surface area contributed by atoms with Crippen molar-refractivity contribution in [2.24, 2.45) is 14.1 Å². The number of rotatable bonds is 5. The third kappa shape index (κ3) is 5.36. The van der Waals surface area contributed by atoms with Crippen LogP contribution in [0, 0.1) is 0 Å².